The number of pyridine rings is 1. The van der Waals surface area contributed by atoms with E-state index in [9.17, 15) is 9.59 Å². The topological polar surface area (TPSA) is 74.3 Å². The highest BCUT2D eigenvalue weighted by molar-refractivity contribution is 6.03. The lowest BCUT2D eigenvalue weighted by Crippen LogP contribution is -2.30. The average Bonchev–Trinajstić information content (AvgIpc) is 2.73. The average molecular weight is 386 g/mol. The van der Waals surface area contributed by atoms with Crippen LogP contribution in [0.1, 0.15) is 28.5 Å². The van der Waals surface area contributed by atoms with Crippen LogP contribution in [-0.2, 0) is 17.8 Å². The van der Waals surface area contributed by atoms with Crippen molar-refractivity contribution in [1.29, 1.82) is 0 Å². The third kappa shape index (κ3) is 4.43. The first-order valence-electron chi connectivity index (χ1n) is 9.55. The van der Waals surface area contributed by atoms with Gasteiger partial charge >= 0.3 is 0 Å². The van der Waals surface area contributed by atoms with Gasteiger partial charge in [-0.25, -0.2) is 4.98 Å². The number of carbonyl (C=O) groups is 2. The zero-order valence-electron chi connectivity index (χ0n) is 16.2. The highest BCUT2D eigenvalue weighted by Crippen LogP contribution is 2.24. The van der Waals surface area contributed by atoms with Crippen LogP contribution in [0, 0.1) is 0 Å². The van der Waals surface area contributed by atoms with Gasteiger partial charge in [-0.05, 0) is 47.9 Å². The number of nitrogens with one attached hydrogen (secondary N) is 2. The molecule has 0 saturated carbocycles. The van der Waals surface area contributed by atoms with Crippen molar-refractivity contribution >= 4 is 28.9 Å². The predicted molar refractivity (Wildman–Crippen MR) is 114 cm³/mol. The summed E-state index contributed by atoms with van der Waals surface area (Å²) < 4.78 is 0. The quantitative estimate of drug-likeness (QED) is 0.714. The van der Waals surface area contributed by atoms with Gasteiger partial charge < -0.3 is 15.5 Å². The summed E-state index contributed by atoms with van der Waals surface area (Å²) in [7, 11) is 0. The molecule has 1 aliphatic rings. The molecule has 1 aromatic heterocycles. The Bertz CT molecular complexity index is 1050. The van der Waals surface area contributed by atoms with Crippen LogP contribution in [0.2, 0.25) is 0 Å². The molecule has 1 aliphatic heterocycles. The van der Waals surface area contributed by atoms with Crippen molar-refractivity contribution in [3.8, 4) is 0 Å². The molecule has 29 heavy (non-hydrogen) atoms. The van der Waals surface area contributed by atoms with Crippen molar-refractivity contribution < 1.29 is 9.59 Å². The number of aromatic nitrogens is 1. The largest absolute Gasteiger partial charge is 0.366 e. The molecule has 2 aromatic carbocycles. The first kappa shape index (κ1) is 18.7. The summed E-state index contributed by atoms with van der Waals surface area (Å²) in [6.45, 7) is 3.22. The second kappa shape index (κ2) is 8.14. The zero-order chi connectivity index (χ0) is 20.2. The molecule has 0 saturated heterocycles. The maximum Gasteiger partial charge on any atom is 0.274 e. The summed E-state index contributed by atoms with van der Waals surface area (Å²) in [6, 6.07) is 19.2. The van der Waals surface area contributed by atoms with Crippen LogP contribution < -0.4 is 15.5 Å². The molecule has 0 aliphatic carbocycles. The maximum atomic E-state index is 12.5. The van der Waals surface area contributed by atoms with E-state index in [0.29, 0.717) is 17.1 Å². The maximum absolute atomic E-state index is 12.5. The molecule has 146 valence electrons. The molecule has 0 radical (unpaired) electrons. The number of fused-ring (bicyclic) bond motifs is 1. The normalized spacial score (nSPS) is 12.8. The van der Waals surface area contributed by atoms with E-state index in [0.717, 1.165) is 25.2 Å². The van der Waals surface area contributed by atoms with Gasteiger partial charge in [0.25, 0.3) is 5.91 Å². The Morgan fingerprint density at radius 3 is 2.41 bits per heavy atom. The van der Waals surface area contributed by atoms with Crippen molar-refractivity contribution in [2.75, 3.05) is 22.1 Å². The van der Waals surface area contributed by atoms with Crippen molar-refractivity contribution in [2.24, 2.45) is 0 Å². The number of benzene rings is 2. The minimum absolute atomic E-state index is 0.161. The third-order valence-corrected chi connectivity index (χ3v) is 4.92. The van der Waals surface area contributed by atoms with Gasteiger partial charge in [-0.3, -0.25) is 9.59 Å². The number of hydrogen-bond donors (Lipinski definition) is 2. The monoisotopic (exact) mass is 386 g/mol. The Labute approximate surface area is 169 Å². The minimum atomic E-state index is -0.291. The van der Waals surface area contributed by atoms with Crippen molar-refractivity contribution in [1.82, 2.24) is 4.98 Å². The molecular weight excluding hydrogens is 364 g/mol. The Balaban J connectivity index is 1.43. The van der Waals surface area contributed by atoms with Crippen LogP contribution in [0.4, 0.5) is 17.1 Å². The van der Waals surface area contributed by atoms with Gasteiger partial charge in [-0.15, -0.1) is 0 Å². The molecule has 0 unspecified atom stereocenters. The molecule has 6 nitrogen and oxygen atoms in total. The van der Waals surface area contributed by atoms with E-state index in [1.54, 1.807) is 36.5 Å². The van der Waals surface area contributed by atoms with Crippen molar-refractivity contribution in [3.63, 3.8) is 0 Å². The standard InChI is InChI=1S/C23H22N4O2/c1-16(28)25-19-7-4-8-20(13-19)26-23(29)22-10-9-21(14-24-22)27-12-11-17-5-2-3-6-18(17)15-27/h2-10,13-14H,11-12,15H2,1H3,(H,25,28)(H,26,29). The van der Waals surface area contributed by atoms with Crippen LogP contribution in [0.5, 0.6) is 0 Å². The Morgan fingerprint density at radius 1 is 0.931 bits per heavy atom. The van der Waals surface area contributed by atoms with Gasteiger partial charge in [0.1, 0.15) is 5.69 Å². The fraction of sp³-hybridized carbons (Fsp3) is 0.174. The second-order valence-electron chi connectivity index (χ2n) is 7.06. The summed E-state index contributed by atoms with van der Waals surface area (Å²) in [6.07, 6.45) is 2.75. The molecule has 0 fully saturated rings. The van der Waals surface area contributed by atoms with Gasteiger partial charge in [0, 0.05) is 31.4 Å². The lowest BCUT2D eigenvalue weighted by Gasteiger charge is -2.30. The van der Waals surface area contributed by atoms with E-state index < -0.39 is 0 Å². The molecule has 0 spiro atoms. The van der Waals surface area contributed by atoms with E-state index in [2.05, 4.69) is 44.8 Å². The van der Waals surface area contributed by atoms with E-state index >= 15 is 0 Å². The first-order chi connectivity index (χ1) is 14.1. The lowest BCUT2D eigenvalue weighted by atomic mass is 10.00. The van der Waals surface area contributed by atoms with Crippen LogP contribution >= 0.6 is 0 Å². The zero-order valence-corrected chi connectivity index (χ0v) is 16.2. The second-order valence-corrected chi connectivity index (χ2v) is 7.06. The minimum Gasteiger partial charge on any atom is -0.366 e. The number of rotatable bonds is 4. The Hall–Kier alpha value is -3.67. The molecule has 2 N–H and O–H groups in total. The van der Waals surface area contributed by atoms with Gasteiger partial charge in [-0.1, -0.05) is 30.3 Å². The van der Waals surface area contributed by atoms with Crippen LogP contribution in [0.15, 0.2) is 66.9 Å². The molecule has 6 heteroatoms. The summed E-state index contributed by atoms with van der Waals surface area (Å²) in [5.74, 6) is -0.452. The summed E-state index contributed by atoms with van der Waals surface area (Å²) in [5.41, 5.74) is 5.30. The number of amides is 2. The third-order valence-electron chi connectivity index (χ3n) is 4.92. The lowest BCUT2D eigenvalue weighted by molar-refractivity contribution is -0.114. The molecule has 2 heterocycles. The molecule has 0 atom stereocenters. The van der Waals surface area contributed by atoms with Crippen molar-refractivity contribution in [2.45, 2.75) is 19.9 Å². The number of anilines is 3. The van der Waals surface area contributed by atoms with E-state index in [-0.39, 0.29) is 11.8 Å². The van der Waals surface area contributed by atoms with Crippen molar-refractivity contribution in [3.05, 3.63) is 83.7 Å². The van der Waals surface area contributed by atoms with E-state index in [1.807, 2.05) is 6.07 Å². The van der Waals surface area contributed by atoms with E-state index in [1.165, 1.54) is 18.1 Å². The molecule has 2 amide bonds. The molecule has 3 aromatic rings. The number of hydrogen-bond acceptors (Lipinski definition) is 4. The van der Waals surface area contributed by atoms with Gasteiger partial charge in [0.15, 0.2) is 0 Å². The number of nitrogens with zero attached hydrogens (tertiary/aromatic N) is 2. The van der Waals surface area contributed by atoms with Gasteiger partial charge in [0.05, 0.1) is 11.9 Å². The van der Waals surface area contributed by atoms with Gasteiger partial charge in [0.2, 0.25) is 5.91 Å². The van der Waals surface area contributed by atoms with Crippen LogP contribution in [0.25, 0.3) is 0 Å². The SMILES string of the molecule is CC(=O)Nc1cccc(NC(=O)c2ccc(N3CCc4ccccc4C3)cn2)c1. The number of carbonyl (C=O) groups excluding carboxylic acids is 2. The van der Waals surface area contributed by atoms with Crippen LogP contribution in [0.3, 0.4) is 0 Å². The molecule has 4 rings (SSSR count). The fourth-order valence-electron chi connectivity index (χ4n) is 3.50. The first-order valence-corrected chi connectivity index (χ1v) is 9.55. The summed E-state index contributed by atoms with van der Waals surface area (Å²) in [4.78, 5) is 30.3. The summed E-state index contributed by atoms with van der Waals surface area (Å²) in [5, 5.41) is 5.52. The van der Waals surface area contributed by atoms with E-state index in [4.69, 9.17) is 0 Å². The molecular formula is C23H22N4O2. The predicted octanol–water partition coefficient (Wildman–Crippen LogP) is 3.86. The summed E-state index contributed by atoms with van der Waals surface area (Å²) >= 11 is 0. The highest BCUT2D eigenvalue weighted by atomic mass is 16.2. The van der Waals surface area contributed by atoms with Gasteiger partial charge in [-0.2, -0.15) is 0 Å². The smallest absolute Gasteiger partial charge is 0.274 e. The Morgan fingerprint density at radius 2 is 1.69 bits per heavy atom. The highest BCUT2D eigenvalue weighted by Gasteiger charge is 2.17. The Kier molecular flexibility index (Phi) is 5.24. The molecule has 0 bridgehead atoms. The van der Waals surface area contributed by atoms with Crippen LogP contribution in [-0.4, -0.2) is 23.3 Å². The fourth-order valence-corrected chi connectivity index (χ4v) is 3.50.